The smallest absolute Gasteiger partial charge is 0.312 e. The summed E-state index contributed by atoms with van der Waals surface area (Å²) in [6.45, 7) is 0. The van der Waals surface area contributed by atoms with E-state index in [2.05, 4.69) is 0 Å². The van der Waals surface area contributed by atoms with Crippen LogP contribution in [0.5, 0.6) is 11.5 Å². The molecule has 5 heteroatoms. The minimum Gasteiger partial charge on any atom is -0.504 e. The van der Waals surface area contributed by atoms with Gasteiger partial charge in [0.05, 0.1) is 13.0 Å². The summed E-state index contributed by atoms with van der Waals surface area (Å²) in [5.74, 6) is -1.05. The first-order valence-corrected chi connectivity index (χ1v) is 6.62. The van der Waals surface area contributed by atoms with Gasteiger partial charge in [-0.25, -0.2) is 0 Å². The number of thiophene rings is 1. The zero-order valence-electron chi connectivity index (χ0n) is 10.4. The summed E-state index contributed by atoms with van der Waals surface area (Å²) >= 11 is 1.42. The Bertz CT molecular complexity index is 563. The number of hydrogen-bond acceptors (Lipinski definition) is 4. The maximum atomic E-state index is 11.3. The second kappa shape index (κ2) is 5.75. The molecule has 0 amide bonds. The lowest BCUT2D eigenvalue weighted by Gasteiger charge is -2.11. The monoisotopic (exact) mass is 278 g/mol. The Balaban J connectivity index is 2.23. The fourth-order valence-electron chi connectivity index (χ4n) is 1.90. The summed E-state index contributed by atoms with van der Waals surface area (Å²) < 4.78 is 4.96. The fourth-order valence-corrected chi connectivity index (χ4v) is 2.72. The molecule has 1 aromatic heterocycles. The molecule has 1 heterocycles. The highest BCUT2D eigenvalue weighted by molar-refractivity contribution is 7.10. The minimum atomic E-state index is -0.863. The van der Waals surface area contributed by atoms with Gasteiger partial charge in [0.25, 0.3) is 0 Å². The number of aliphatic carboxylic acids is 1. The minimum absolute atomic E-state index is 0.0234. The Morgan fingerprint density at radius 1 is 1.42 bits per heavy atom. The first-order valence-electron chi connectivity index (χ1n) is 5.74. The van der Waals surface area contributed by atoms with Crippen LogP contribution in [0.2, 0.25) is 0 Å². The third-order valence-electron chi connectivity index (χ3n) is 2.87. The summed E-state index contributed by atoms with van der Waals surface area (Å²) in [5, 5.41) is 20.9. The van der Waals surface area contributed by atoms with Crippen molar-refractivity contribution < 1.29 is 19.7 Å². The number of benzene rings is 1. The number of methoxy groups -OCH3 is 1. The van der Waals surface area contributed by atoms with E-state index in [9.17, 15) is 15.0 Å². The lowest BCUT2D eigenvalue weighted by Crippen LogP contribution is -2.13. The van der Waals surface area contributed by atoms with E-state index in [1.807, 2.05) is 17.5 Å². The molecule has 1 unspecified atom stereocenters. The number of phenols is 1. The number of hydrogen-bond donors (Lipinski definition) is 2. The quantitative estimate of drug-likeness (QED) is 0.882. The van der Waals surface area contributed by atoms with E-state index in [0.29, 0.717) is 12.2 Å². The van der Waals surface area contributed by atoms with Crippen molar-refractivity contribution in [2.45, 2.75) is 12.3 Å². The number of aromatic hydroxyl groups is 1. The zero-order chi connectivity index (χ0) is 13.8. The van der Waals surface area contributed by atoms with E-state index >= 15 is 0 Å². The van der Waals surface area contributed by atoms with Crippen molar-refractivity contribution in [3.05, 3.63) is 46.2 Å². The highest BCUT2D eigenvalue weighted by Crippen LogP contribution is 2.30. The summed E-state index contributed by atoms with van der Waals surface area (Å²) in [4.78, 5) is 12.1. The van der Waals surface area contributed by atoms with E-state index in [1.165, 1.54) is 18.4 Å². The molecule has 0 aliphatic carbocycles. The second-order valence-corrected chi connectivity index (χ2v) is 5.10. The van der Waals surface area contributed by atoms with Crippen LogP contribution in [-0.4, -0.2) is 23.3 Å². The second-order valence-electron chi connectivity index (χ2n) is 4.12. The van der Waals surface area contributed by atoms with Gasteiger partial charge in [-0.3, -0.25) is 4.79 Å². The number of carboxylic acids is 1. The number of carboxylic acid groups (broad SMARTS) is 1. The van der Waals surface area contributed by atoms with Gasteiger partial charge in [0.15, 0.2) is 11.5 Å². The summed E-state index contributed by atoms with van der Waals surface area (Å²) in [5.41, 5.74) is 0.763. The van der Waals surface area contributed by atoms with Crippen LogP contribution < -0.4 is 4.74 Å². The van der Waals surface area contributed by atoms with Gasteiger partial charge in [0, 0.05) is 4.88 Å². The molecule has 0 fully saturated rings. The van der Waals surface area contributed by atoms with E-state index in [-0.39, 0.29) is 5.75 Å². The van der Waals surface area contributed by atoms with Gasteiger partial charge < -0.3 is 14.9 Å². The predicted molar refractivity (Wildman–Crippen MR) is 73.1 cm³/mol. The average Bonchev–Trinajstić information content (AvgIpc) is 2.89. The first kappa shape index (κ1) is 13.4. The van der Waals surface area contributed by atoms with Gasteiger partial charge in [0.2, 0.25) is 0 Å². The van der Waals surface area contributed by atoms with E-state index in [1.54, 1.807) is 18.2 Å². The van der Waals surface area contributed by atoms with Gasteiger partial charge >= 0.3 is 5.97 Å². The van der Waals surface area contributed by atoms with Gasteiger partial charge in [-0.05, 0) is 35.6 Å². The number of rotatable bonds is 5. The molecular formula is C14H14O4S. The normalized spacial score (nSPS) is 12.1. The molecule has 2 N–H and O–H groups in total. The maximum absolute atomic E-state index is 11.3. The molecule has 1 aromatic carbocycles. The number of carbonyl (C=O) groups is 1. The van der Waals surface area contributed by atoms with Crippen LogP contribution in [0, 0.1) is 0 Å². The lowest BCUT2D eigenvalue weighted by atomic mass is 9.97. The standard InChI is InChI=1S/C14H14O4S/c1-18-12-5-4-9(8-11(12)15)7-10(14(16)17)13-3-2-6-19-13/h2-6,8,10,15H,7H2,1H3,(H,16,17). The molecule has 2 rings (SSSR count). The Hall–Kier alpha value is -2.01. The number of phenolic OH excluding ortho intramolecular Hbond substituents is 1. The summed E-state index contributed by atoms with van der Waals surface area (Å²) in [6, 6.07) is 8.59. The SMILES string of the molecule is COc1ccc(CC(C(=O)O)c2cccs2)cc1O. The first-order chi connectivity index (χ1) is 9.11. The predicted octanol–water partition coefficient (Wildman–Crippen LogP) is 2.87. The summed E-state index contributed by atoms with van der Waals surface area (Å²) in [6.07, 6.45) is 0.341. The number of ether oxygens (including phenoxy) is 1. The molecule has 1 atom stereocenters. The van der Waals surface area contributed by atoms with Gasteiger partial charge in [-0.15, -0.1) is 11.3 Å². The molecule has 0 spiro atoms. The molecule has 0 radical (unpaired) electrons. The Labute approximate surface area is 114 Å². The molecule has 0 saturated heterocycles. The van der Waals surface area contributed by atoms with Crippen LogP contribution in [0.4, 0.5) is 0 Å². The Morgan fingerprint density at radius 3 is 2.74 bits per heavy atom. The third-order valence-corrected chi connectivity index (χ3v) is 3.85. The van der Waals surface area contributed by atoms with Crippen LogP contribution in [-0.2, 0) is 11.2 Å². The third kappa shape index (κ3) is 3.06. The van der Waals surface area contributed by atoms with Crippen molar-refractivity contribution in [1.29, 1.82) is 0 Å². The van der Waals surface area contributed by atoms with E-state index < -0.39 is 11.9 Å². The van der Waals surface area contributed by atoms with Crippen LogP contribution in [0.25, 0.3) is 0 Å². The van der Waals surface area contributed by atoms with Crippen molar-refractivity contribution in [2.24, 2.45) is 0 Å². The molecular weight excluding hydrogens is 264 g/mol. The van der Waals surface area contributed by atoms with Crippen LogP contribution in [0.3, 0.4) is 0 Å². The molecule has 0 bridgehead atoms. The van der Waals surface area contributed by atoms with Crippen molar-refractivity contribution in [1.82, 2.24) is 0 Å². The van der Waals surface area contributed by atoms with E-state index in [4.69, 9.17) is 4.74 Å². The highest BCUT2D eigenvalue weighted by Gasteiger charge is 2.21. The molecule has 0 saturated carbocycles. The Kier molecular flexibility index (Phi) is 4.06. The van der Waals surface area contributed by atoms with Gasteiger partial charge in [-0.1, -0.05) is 12.1 Å². The summed E-state index contributed by atoms with van der Waals surface area (Å²) in [7, 11) is 1.47. The van der Waals surface area contributed by atoms with Gasteiger partial charge in [0.1, 0.15) is 0 Å². The van der Waals surface area contributed by atoms with Crippen LogP contribution in [0.15, 0.2) is 35.7 Å². The highest BCUT2D eigenvalue weighted by atomic mass is 32.1. The van der Waals surface area contributed by atoms with Crippen molar-refractivity contribution in [3.8, 4) is 11.5 Å². The van der Waals surface area contributed by atoms with Crippen LogP contribution >= 0.6 is 11.3 Å². The average molecular weight is 278 g/mol. The zero-order valence-corrected chi connectivity index (χ0v) is 11.2. The molecule has 100 valence electrons. The van der Waals surface area contributed by atoms with Crippen molar-refractivity contribution in [3.63, 3.8) is 0 Å². The molecule has 0 aliphatic rings. The molecule has 2 aromatic rings. The Morgan fingerprint density at radius 2 is 2.21 bits per heavy atom. The molecule has 0 aliphatic heterocycles. The van der Waals surface area contributed by atoms with Crippen LogP contribution in [0.1, 0.15) is 16.4 Å². The van der Waals surface area contributed by atoms with E-state index in [0.717, 1.165) is 10.4 Å². The maximum Gasteiger partial charge on any atom is 0.312 e. The largest absolute Gasteiger partial charge is 0.504 e. The van der Waals surface area contributed by atoms with Crippen molar-refractivity contribution >= 4 is 17.3 Å². The van der Waals surface area contributed by atoms with Gasteiger partial charge in [-0.2, -0.15) is 0 Å². The van der Waals surface area contributed by atoms with Crippen molar-refractivity contribution in [2.75, 3.05) is 7.11 Å². The molecule has 4 nitrogen and oxygen atoms in total. The topological polar surface area (TPSA) is 66.8 Å². The fraction of sp³-hybridized carbons (Fsp3) is 0.214. The molecule has 19 heavy (non-hydrogen) atoms. The lowest BCUT2D eigenvalue weighted by molar-refractivity contribution is -0.138.